The number of aryl methyl sites for hydroxylation is 1. The minimum atomic E-state index is -0.343. The molecule has 1 aliphatic heterocycles. The Morgan fingerprint density at radius 3 is 2.47 bits per heavy atom. The average Bonchev–Trinajstić information content (AvgIpc) is 2.78. The maximum absolute atomic E-state index is 12.6. The topological polar surface area (TPSA) is 95.5 Å². The van der Waals surface area contributed by atoms with Crippen molar-refractivity contribution in [2.45, 2.75) is 45.6 Å². The van der Waals surface area contributed by atoms with Crippen molar-refractivity contribution in [3.8, 4) is 0 Å². The van der Waals surface area contributed by atoms with Gasteiger partial charge in [0.15, 0.2) is 0 Å². The quantitative estimate of drug-likeness (QED) is 0.744. The summed E-state index contributed by atoms with van der Waals surface area (Å²) in [7, 11) is 1.84. The zero-order valence-corrected chi connectivity index (χ0v) is 17.7. The Bertz CT molecular complexity index is 1020. The van der Waals surface area contributed by atoms with E-state index in [1.54, 1.807) is 34.1 Å². The lowest BCUT2D eigenvalue weighted by molar-refractivity contribution is -0.140. The number of unbranched alkanes of at least 4 members (excludes halogenated alkanes) is 1. The molecule has 1 aromatic carbocycles. The van der Waals surface area contributed by atoms with E-state index in [4.69, 9.17) is 0 Å². The number of nitrogens with one attached hydrogen (secondary N) is 1. The van der Waals surface area contributed by atoms with E-state index < -0.39 is 0 Å². The number of benzene rings is 1. The number of likely N-dealkylation sites (tertiary alicyclic amines) is 1. The zero-order chi connectivity index (χ0) is 21.7. The van der Waals surface area contributed by atoms with Gasteiger partial charge in [0.25, 0.3) is 11.1 Å². The van der Waals surface area contributed by atoms with Gasteiger partial charge < -0.3 is 9.80 Å². The molecule has 1 aliphatic rings. The van der Waals surface area contributed by atoms with Gasteiger partial charge in [-0.2, -0.15) is 0 Å². The van der Waals surface area contributed by atoms with Crippen LogP contribution in [0.25, 0.3) is 10.8 Å². The predicted molar refractivity (Wildman–Crippen MR) is 115 cm³/mol. The molecule has 0 aliphatic carbocycles. The van der Waals surface area contributed by atoms with E-state index in [-0.39, 0.29) is 41.8 Å². The van der Waals surface area contributed by atoms with Crippen LogP contribution < -0.4 is 11.1 Å². The molecule has 0 radical (unpaired) electrons. The summed E-state index contributed by atoms with van der Waals surface area (Å²) in [6.45, 7) is 4.08. The lowest BCUT2D eigenvalue weighted by Crippen LogP contribution is -2.44. The third kappa shape index (κ3) is 4.80. The fourth-order valence-corrected chi connectivity index (χ4v) is 3.96. The number of hydrogen-bond acceptors (Lipinski definition) is 4. The van der Waals surface area contributed by atoms with Crippen molar-refractivity contribution in [1.29, 1.82) is 0 Å². The van der Waals surface area contributed by atoms with Crippen molar-refractivity contribution in [3.63, 3.8) is 0 Å². The predicted octanol–water partition coefficient (Wildman–Crippen LogP) is 1.58. The van der Waals surface area contributed by atoms with E-state index in [1.807, 2.05) is 7.05 Å². The molecule has 1 N–H and O–H groups in total. The van der Waals surface area contributed by atoms with Gasteiger partial charge in [-0.3, -0.25) is 24.3 Å². The Labute approximate surface area is 175 Å². The second-order valence-corrected chi connectivity index (χ2v) is 7.96. The number of carbonyl (C=O) groups is 2. The molecule has 8 heteroatoms. The van der Waals surface area contributed by atoms with Gasteiger partial charge in [0, 0.05) is 39.0 Å². The molecular formula is C22H30N4O4. The van der Waals surface area contributed by atoms with Crippen molar-refractivity contribution >= 4 is 22.6 Å². The maximum atomic E-state index is 12.6. The van der Waals surface area contributed by atoms with Gasteiger partial charge in [0.1, 0.15) is 0 Å². The summed E-state index contributed by atoms with van der Waals surface area (Å²) in [5, 5.41) is 3.25. The van der Waals surface area contributed by atoms with Gasteiger partial charge in [-0.1, -0.05) is 25.5 Å². The highest BCUT2D eigenvalue weighted by atomic mass is 16.2. The first kappa shape index (κ1) is 21.8. The lowest BCUT2D eigenvalue weighted by atomic mass is 9.95. The van der Waals surface area contributed by atoms with Crippen LogP contribution in [-0.4, -0.2) is 58.1 Å². The Balaban J connectivity index is 1.55. The monoisotopic (exact) mass is 414 g/mol. The molecule has 0 saturated carbocycles. The van der Waals surface area contributed by atoms with Crippen LogP contribution in [0.1, 0.15) is 39.0 Å². The molecule has 0 unspecified atom stereocenters. The number of H-pyrrole nitrogens is 1. The molecule has 2 amide bonds. The molecule has 0 spiro atoms. The van der Waals surface area contributed by atoms with Gasteiger partial charge in [-0.05, 0) is 31.4 Å². The van der Waals surface area contributed by atoms with Crippen molar-refractivity contribution < 1.29 is 9.59 Å². The number of aromatic amines is 1. The average molecular weight is 415 g/mol. The van der Waals surface area contributed by atoms with Gasteiger partial charge in [-0.25, -0.2) is 4.68 Å². The molecule has 162 valence electrons. The minimum absolute atomic E-state index is 0.0321. The van der Waals surface area contributed by atoms with E-state index in [2.05, 4.69) is 12.0 Å². The first-order valence-electron chi connectivity index (χ1n) is 10.7. The Kier molecular flexibility index (Phi) is 7.07. The summed E-state index contributed by atoms with van der Waals surface area (Å²) < 4.78 is 1.21. The van der Waals surface area contributed by atoms with Gasteiger partial charge >= 0.3 is 0 Å². The normalized spacial score (nSPS) is 14.8. The van der Waals surface area contributed by atoms with Crippen LogP contribution in [-0.2, 0) is 16.1 Å². The second-order valence-electron chi connectivity index (χ2n) is 7.96. The van der Waals surface area contributed by atoms with E-state index in [0.717, 1.165) is 19.4 Å². The fraction of sp³-hybridized carbons (Fsp3) is 0.545. The minimum Gasteiger partial charge on any atom is -0.346 e. The molecule has 30 heavy (non-hydrogen) atoms. The number of fused-ring (bicyclic) bond motifs is 1. The molecule has 1 saturated heterocycles. The summed E-state index contributed by atoms with van der Waals surface area (Å²) in [6.07, 6.45) is 3.50. The van der Waals surface area contributed by atoms with Crippen LogP contribution >= 0.6 is 0 Å². The zero-order valence-electron chi connectivity index (χ0n) is 17.7. The third-order valence-corrected chi connectivity index (χ3v) is 5.85. The largest absolute Gasteiger partial charge is 0.346 e. The first-order valence-corrected chi connectivity index (χ1v) is 10.7. The molecule has 3 rings (SSSR count). The molecule has 2 heterocycles. The van der Waals surface area contributed by atoms with Gasteiger partial charge in [-0.15, -0.1) is 0 Å². The highest BCUT2D eigenvalue weighted by Crippen LogP contribution is 2.20. The van der Waals surface area contributed by atoms with Crippen molar-refractivity contribution in [2.75, 3.05) is 26.7 Å². The number of amides is 2. The smallest absolute Gasteiger partial charge is 0.273 e. The van der Waals surface area contributed by atoms with Crippen LogP contribution in [0, 0.1) is 5.92 Å². The number of piperidine rings is 1. The van der Waals surface area contributed by atoms with Gasteiger partial charge in [0.05, 0.1) is 17.3 Å². The van der Waals surface area contributed by atoms with Crippen LogP contribution in [0.2, 0.25) is 0 Å². The lowest BCUT2D eigenvalue weighted by Gasteiger charge is -2.33. The summed E-state index contributed by atoms with van der Waals surface area (Å²) in [6, 6.07) is 6.64. The summed E-state index contributed by atoms with van der Waals surface area (Å²) in [5.41, 5.74) is -0.651. The van der Waals surface area contributed by atoms with E-state index in [0.29, 0.717) is 36.7 Å². The molecule has 0 bridgehead atoms. The number of carbonyl (C=O) groups excluding carboxylic acids is 2. The summed E-state index contributed by atoms with van der Waals surface area (Å²) in [4.78, 5) is 53.4. The van der Waals surface area contributed by atoms with Crippen LogP contribution in [0.3, 0.4) is 0 Å². The fourth-order valence-electron chi connectivity index (χ4n) is 3.96. The highest BCUT2D eigenvalue weighted by Gasteiger charge is 2.28. The van der Waals surface area contributed by atoms with Crippen molar-refractivity contribution in [2.24, 2.45) is 5.92 Å². The van der Waals surface area contributed by atoms with E-state index in [9.17, 15) is 19.2 Å². The molecular weight excluding hydrogens is 384 g/mol. The Morgan fingerprint density at radius 1 is 1.13 bits per heavy atom. The molecule has 0 atom stereocenters. The first-order chi connectivity index (χ1) is 14.4. The van der Waals surface area contributed by atoms with Crippen LogP contribution in [0.5, 0.6) is 0 Å². The molecule has 1 aromatic heterocycles. The number of nitrogens with zero attached hydrogens (tertiary/aromatic N) is 3. The molecule has 2 aromatic rings. The summed E-state index contributed by atoms with van der Waals surface area (Å²) in [5.74, 6) is 0.0624. The standard InChI is InChI=1S/C22H30N4O4/c1-3-4-12-24(2)21(29)16-9-13-25(14-10-16)19(27)11-15-26-22(30)18-8-6-5-7-17(18)20(28)23-26/h5-8,16H,3-4,9-15H2,1-2H3,(H,23,28). The van der Waals surface area contributed by atoms with Crippen LogP contribution in [0.4, 0.5) is 0 Å². The number of rotatable bonds is 7. The third-order valence-electron chi connectivity index (χ3n) is 5.85. The van der Waals surface area contributed by atoms with Crippen molar-refractivity contribution in [1.82, 2.24) is 19.6 Å². The second kappa shape index (κ2) is 9.73. The van der Waals surface area contributed by atoms with Gasteiger partial charge in [0.2, 0.25) is 11.8 Å². The van der Waals surface area contributed by atoms with Crippen LogP contribution in [0.15, 0.2) is 33.9 Å². The van der Waals surface area contributed by atoms with Crippen molar-refractivity contribution in [3.05, 3.63) is 45.0 Å². The number of aromatic nitrogens is 2. The Morgan fingerprint density at radius 2 is 1.80 bits per heavy atom. The van der Waals surface area contributed by atoms with E-state index >= 15 is 0 Å². The highest BCUT2D eigenvalue weighted by molar-refractivity contribution is 5.81. The Hall–Kier alpha value is -2.90. The van der Waals surface area contributed by atoms with E-state index in [1.165, 1.54) is 4.68 Å². The molecule has 8 nitrogen and oxygen atoms in total. The molecule has 1 fully saturated rings. The summed E-state index contributed by atoms with van der Waals surface area (Å²) >= 11 is 0. The number of hydrogen-bond donors (Lipinski definition) is 1. The maximum Gasteiger partial charge on any atom is 0.273 e. The SMILES string of the molecule is CCCCN(C)C(=O)C1CCN(C(=O)CCn2[nH]c(=O)c3ccccc3c2=O)CC1.